The van der Waals surface area contributed by atoms with Crippen LogP contribution in [-0.2, 0) is 0 Å². The van der Waals surface area contributed by atoms with E-state index >= 15 is 0 Å². The van der Waals surface area contributed by atoms with E-state index in [1.165, 1.54) is 0 Å². The van der Waals surface area contributed by atoms with Crippen molar-refractivity contribution in [3.8, 4) is 11.6 Å². The number of benzene rings is 3. The molecule has 0 saturated carbocycles. The van der Waals surface area contributed by atoms with Crippen LogP contribution >= 0.6 is 0 Å². The molecule has 2 aliphatic rings. The van der Waals surface area contributed by atoms with Crippen molar-refractivity contribution in [1.82, 2.24) is 14.8 Å². The lowest BCUT2D eigenvalue weighted by molar-refractivity contribution is 0.415. The molecule has 5 aromatic rings. The minimum atomic E-state index is -0.176. The summed E-state index contributed by atoms with van der Waals surface area (Å²) in [6.45, 7) is 2.04. The summed E-state index contributed by atoms with van der Waals surface area (Å²) in [4.78, 5) is 17.1. The van der Waals surface area contributed by atoms with Gasteiger partial charge in [0.05, 0.1) is 30.2 Å². The number of aliphatic imine (C=N–C) groups is 2. The normalized spacial score (nSPS) is 15.4. The molecule has 3 aromatic carbocycles. The minimum absolute atomic E-state index is 0.176. The molecule has 0 fully saturated rings. The van der Waals surface area contributed by atoms with E-state index < -0.39 is 0 Å². The number of pyridine rings is 1. The lowest BCUT2D eigenvalue weighted by Crippen LogP contribution is -2.46. The first kappa shape index (κ1) is 22.9. The molecule has 190 valence electrons. The number of fused-ring (bicyclic) bond motifs is 4. The van der Waals surface area contributed by atoms with E-state index in [4.69, 9.17) is 19.8 Å². The molecule has 4 heterocycles. The molecule has 0 spiro atoms. The third-order valence-corrected chi connectivity index (χ3v) is 6.95. The number of ether oxygens (including phenoxy) is 1. The molecule has 1 unspecified atom stereocenters. The highest BCUT2D eigenvalue weighted by molar-refractivity contribution is 6.51. The third-order valence-electron chi connectivity index (χ3n) is 6.95. The van der Waals surface area contributed by atoms with E-state index in [-0.39, 0.29) is 6.04 Å². The largest absolute Gasteiger partial charge is 0.497 e. The van der Waals surface area contributed by atoms with Crippen LogP contribution in [0.2, 0.25) is 0 Å². The topological polar surface area (TPSA) is 79.9 Å². The Morgan fingerprint density at radius 3 is 2.49 bits per heavy atom. The number of aryl methyl sites for hydroxylation is 1. The summed E-state index contributed by atoms with van der Waals surface area (Å²) < 4.78 is 7.28. The monoisotopic (exact) mass is 511 g/mol. The fourth-order valence-electron chi connectivity index (χ4n) is 5.22. The highest BCUT2D eigenvalue weighted by Crippen LogP contribution is 2.48. The number of anilines is 2. The Hall–Kier alpha value is -5.24. The number of rotatable bonds is 4. The van der Waals surface area contributed by atoms with Crippen LogP contribution in [0.4, 0.5) is 22.9 Å². The number of methoxy groups -OCH3 is 1. The van der Waals surface area contributed by atoms with Crippen LogP contribution in [0.1, 0.15) is 22.9 Å². The summed E-state index contributed by atoms with van der Waals surface area (Å²) in [5.74, 6) is 3.55. The third kappa shape index (κ3) is 3.85. The number of para-hydroxylation sites is 2. The molecule has 39 heavy (non-hydrogen) atoms. The Labute approximate surface area is 226 Å². The number of hydrogen-bond acceptors (Lipinski definition) is 7. The lowest BCUT2D eigenvalue weighted by Gasteiger charge is -2.40. The highest BCUT2D eigenvalue weighted by atomic mass is 16.5. The van der Waals surface area contributed by atoms with Gasteiger partial charge in [-0.1, -0.05) is 54.6 Å². The second kappa shape index (κ2) is 9.25. The van der Waals surface area contributed by atoms with Crippen LogP contribution in [0.15, 0.2) is 113 Å². The fraction of sp³-hybridized carbons (Fsp3) is 0.0968. The smallest absolute Gasteiger partial charge is 0.179 e. The highest BCUT2D eigenvalue weighted by Gasteiger charge is 2.41. The zero-order valence-corrected chi connectivity index (χ0v) is 21.5. The summed E-state index contributed by atoms with van der Waals surface area (Å²) in [5.41, 5.74) is 5.76. The van der Waals surface area contributed by atoms with Gasteiger partial charge in [-0.05, 0) is 48.9 Å². The van der Waals surface area contributed by atoms with Gasteiger partial charge in [0.25, 0.3) is 0 Å². The van der Waals surface area contributed by atoms with Gasteiger partial charge in [-0.3, -0.25) is 0 Å². The van der Waals surface area contributed by atoms with Gasteiger partial charge in [-0.2, -0.15) is 9.78 Å². The standard InChI is InChI=1S/C31H25N7O/c1-20-27-28(21-11-4-3-5-12-21)37-25-16-7-6-15-24(25)34-29(33-22-13-10-14-23(19-22)39-2)31(37)35-30(27)38(36-20)26-17-8-9-18-32-26/h3-19,28H,1-2H3,(H,33,34). The zero-order chi connectivity index (χ0) is 26.3. The van der Waals surface area contributed by atoms with Crippen LogP contribution in [0.5, 0.6) is 5.75 Å². The maximum Gasteiger partial charge on any atom is 0.179 e. The predicted molar refractivity (Wildman–Crippen MR) is 154 cm³/mol. The second-order valence-electron chi connectivity index (χ2n) is 9.35. The minimum Gasteiger partial charge on any atom is -0.497 e. The number of nitrogens with one attached hydrogen (secondary N) is 1. The van der Waals surface area contributed by atoms with Crippen LogP contribution in [-0.4, -0.2) is 33.5 Å². The molecule has 1 atom stereocenters. The number of nitrogens with zero attached hydrogens (tertiary/aromatic N) is 6. The molecule has 8 nitrogen and oxygen atoms in total. The molecule has 0 aliphatic carbocycles. The Balaban J connectivity index is 1.48. The molecule has 0 radical (unpaired) electrons. The first-order valence-corrected chi connectivity index (χ1v) is 12.7. The Morgan fingerprint density at radius 2 is 1.67 bits per heavy atom. The average Bonchev–Trinajstić information content (AvgIpc) is 3.33. The maximum absolute atomic E-state index is 5.46. The van der Waals surface area contributed by atoms with Crippen molar-refractivity contribution >= 4 is 34.6 Å². The number of amidine groups is 2. The molecular formula is C31H25N7O. The average molecular weight is 512 g/mol. The Morgan fingerprint density at radius 1 is 0.846 bits per heavy atom. The van der Waals surface area contributed by atoms with Crippen LogP contribution in [0, 0.1) is 6.92 Å². The summed E-state index contributed by atoms with van der Waals surface area (Å²) >= 11 is 0. The van der Waals surface area contributed by atoms with E-state index in [2.05, 4.69) is 45.5 Å². The Bertz CT molecular complexity index is 1740. The van der Waals surface area contributed by atoms with Gasteiger partial charge in [0, 0.05) is 23.5 Å². The molecule has 2 aromatic heterocycles. The summed E-state index contributed by atoms with van der Waals surface area (Å²) in [7, 11) is 1.66. The molecule has 0 bridgehead atoms. The van der Waals surface area contributed by atoms with E-state index in [9.17, 15) is 0 Å². The maximum atomic E-state index is 5.46. The van der Waals surface area contributed by atoms with E-state index in [0.717, 1.165) is 45.5 Å². The molecule has 7 rings (SSSR count). The van der Waals surface area contributed by atoms with Crippen LogP contribution in [0.25, 0.3) is 5.82 Å². The first-order valence-electron chi connectivity index (χ1n) is 12.7. The van der Waals surface area contributed by atoms with Crippen molar-refractivity contribution in [2.24, 2.45) is 9.98 Å². The van der Waals surface area contributed by atoms with Crippen molar-refractivity contribution in [1.29, 1.82) is 0 Å². The molecule has 0 amide bonds. The molecule has 1 N–H and O–H groups in total. The molecule has 2 aliphatic heterocycles. The zero-order valence-electron chi connectivity index (χ0n) is 21.5. The van der Waals surface area contributed by atoms with Crippen molar-refractivity contribution in [2.45, 2.75) is 13.0 Å². The van der Waals surface area contributed by atoms with Gasteiger partial charge < -0.3 is 15.0 Å². The summed E-state index contributed by atoms with van der Waals surface area (Å²) in [6.07, 6.45) is 1.77. The summed E-state index contributed by atoms with van der Waals surface area (Å²) in [5, 5.41) is 8.44. The van der Waals surface area contributed by atoms with E-state index in [0.29, 0.717) is 17.5 Å². The lowest BCUT2D eigenvalue weighted by atomic mass is 9.93. The van der Waals surface area contributed by atoms with Gasteiger partial charge in [0.2, 0.25) is 0 Å². The van der Waals surface area contributed by atoms with Gasteiger partial charge >= 0.3 is 0 Å². The molecule has 8 heteroatoms. The van der Waals surface area contributed by atoms with Crippen molar-refractivity contribution < 1.29 is 4.74 Å². The van der Waals surface area contributed by atoms with Crippen LogP contribution < -0.4 is 15.0 Å². The first-order chi connectivity index (χ1) is 19.2. The number of hydrogen-bond donors (Lipinski definition) is 1. The SMILES string of the molecule is COc1cccc(NC2=Nc3ccccc3N3C2=Nc2c(c(C)nn2-c2ccccn2)C3c2ccccc2)c1. The van der Waals surface area contributed by atoms with Crippen LogP contribution in [0.3, 0.4) is 0 Å². The number of aromatic nitrogens is 3. The van der Waals surface area contributed by atoms with Crippen molar-refractivity contribution in [3.63, 3.8) is 0 Å². The second-order valence-corrected chi connectivity index (χ2v) is 9.35. The van der Waals surface area contributed by atoms with E-state index in [1.807, 2.05) is 78.3 Å². The van der Waals surface area contributed by atoms with Gasteiger partial charge in [0.15, 0.2) is 23.3 Å². The fourth-order valence-corrected chi connectivity index (χ4v) is 5.22. The Kier molecular flexibility index (Phi) is 5.44. The van der Waals surface area contributed by atoms with Crippen molar-refractivity contribution in [3.05, 3.63) is 120 Å². The summed E-state index contributed by atoms with van der Waals surface area (Å²) in [6, 6.07) is 32.0. The van der Waals surface area contributed by atoms with Gasteiger partial charge in [-0.25, -0.2) is 15.0 Å². The molecule has 0 saturated heterocycles. The van der Waals surface area contributed by atoms with Crippen molar-refractivity contribution in [2.75, 3.05) is 17.3 Å². The quantitative estimate of drug-likeness (QED) is 0.303. The van der Waals surface area contributed by atoms with Gasteiger partial charge in [-0.15, -0.1) is 0 Å². The molecular weight excluding hydrogens is 486 g/mol. The van der Waals surface area contributed by atoms with E-state index in [1.54, 1.807) is 13.3 Å². The predicted octanol–water partition coefficient (Wildman–Crippen LogP) is 6.38. The van der Waals surface area contributed by atoms with Gasteiger partial charge in [0.1, 0.15) is 5.75 Å².